The van der Waals surface area contributed by atoms with E-state index in [1.54, 1.807) is 11.1 Å². The number of hydrogen-bond acceptors (Lipinski definition) is 0. The first-order valence-corrected chi connectivity index (χ1v) is 5.71. The Balaban J connectivity index is 2.02. The average Bonchev–Trinajstić information content (AvgIpc) is 2.26. The fourth-order valence-corrected chi connectivity index (χ4v) is 2.75. The van der Waals surface area contributed by atoms with Crippen LogP contribution in [0, 0.1) is 5.92 Å². The van der Waals surface area contributed by atoms with Gasteiger partial charge < -0.3 is 0 Å². The molecule has 0 N–H and O–H groups in total. The number of rotatable bonds is 0. The van der Waals surface area contributed by atoms with Crippen LogP contribution in [0.15, 0.2) is 47.1 Å². The van der Waals surface area contributed by atoms with E-state index in [1.807, 2.05) is 0 Å². The van der Waals surface area contributed by atoms with E-state index in [4.69, 9.17) is 0 Å². The molecule has 14 heavy (non-hydrogen) atoms. The highest BCUT2D eigenvalue weighted by molar-refractivity contribution is 5.50. The molecule has 1 unspecified atom stereocenters. The third-order valence-corrected chi connectivity index (χ3v) is 3.54. The molecule has 0 nitrogen and oxygen atoms in total. The monoisotopic (exact) mass is 184 g/mol. The Labute approximate surface area is 85.7 Å². The van der Waals surface area contributed by atoms with Gasteiger partial charge >= 0.3 is 0 Å². The molecule has 0 aromatic rings. The van der Waals surface area contributed by atoms with Crippen molar-refractivity contribution in [2.45, 2.75) is 32.1 Å². The topological polar surface area (TPSA) is 0 Å². The van der Waals surface area contributed by atoms with Crippen LogP contribution < -0.4 is 0 Å². The Kier molecular flexibility index (Phi) is 1.93. The van der Waals surface area contributed by atoms with Gasteiger partial charge in [-0.3, -0.25) is 0 Å². The van der Waals surface area contributed by atoms with Crippen molar-refractivity contribution in [3.05, 3.63) is 47.1 Å². The van der Waals surface area contributed by atoms with Crippen LogP contribution in [0.25, 0.3) is 0 Å². The molecule has 0 aromatic heterocycles. The molecule has 0 bridgehead atoms. The van der Waals surface area contributed by atoms with Crippen molar-refractivity contribution < 1.29 is 0 Å². The van der Waals surface area contributed by atoms with Crippen molar-refractivity contribution >= 4 is 0 Å². The molecule has 3 aliphatic carbocycles. The highest BCUT2D eigenvalue weighted by atomic mass is 14.3. The molecule has 0 saturated heterocycles. The van der Waals surface area contributed by atoms with Gasteiger partial charge in [0.1, 0.15) is 0 Å². The largest absolute Gasteiger partial charge is 0.0842 e. The summed E-state index contributed by atoms with van der Waals surface area (Å²) in [5, 5.41) is 0. The van der Waals surface area contributed by atoms with Gasteiger partial charge in [0, 0.05) is 0 Å². The van der Waals surface area contributed by atoms with E-state index >= 15 is 0 Å². The smallest absolute Gasteiger partial charge is 0.0118 e. The molecule has 3 rings (SSSR count). The summed E-state index contributed by atoms with van der Waals surface area (Å²) < 4.78 is 0. The van der Waals surface area contributed by atoms with Gasteiger partial charge in [0.2, 0.25) is 0 Å². The number of hydrogen-bond donors (Lipinski definition) is 0. The van der Waals surface area contributed by atoms with Crippen molar-refractivity contribution in [2.24, 2.45) is 5.92 Å². The van der Waals surface area contributed by atoms with Gasteiger partial charge in [-0.15, -0.1) is 0 Å². The van der Waals surface area contributed by atoms with Crippen LogP contribution in [0.3, 0.4) is 0 Å². The summed E-state index contributed by atoms with van der Waals surface area (Å²) in [5.74, 6) is 0.821. The molecule has 0 saturated carbocycles. The van der Waals surface area contributed by atoms with Gasteiger partial charge in [-0.1, -0.05) is 30.4 Å². The SMILES string of the molecule is C1=CC2=CC3=CCCC=C3CC2CC1. The molecule has 0 heterocycles. The molecule has 0 radical (unpaired) electrons. The quantitative estimate of drug-likeness (QED) is 0.535. The Bertz CT molecular complexity index is 363. The molecule has 0 aliphatic heterocycles. The first-order chi connectivity index (χ1) is 6.93. The standard InChI is InChI=1S/C14H16/c1-2-6-12-10-14-8-4-3-7-13(14)9-11(12)5-1/h1,5,7-9,12H,2-4,6,10H2. The number of fused-ring (bicyclic) bond motifs is 2. The second-order valence-electron chi connectivity index (χ2n) is 4.49. The van der Waals surface area contributed by atoms with E-state index in [1.165, 1.54) is 37.7 Å². The van der Waals surface area contributed by atoms with E-state index in [2.05, 4.69) is 30.4 Å². The molecule has 0 heteroatoms. The van der Waals surface area contributed by atoms with E-state index in [0.717, 1.165) is 5.92 Å². The fraction of sp³-hybridized carbons (Fsp3) is 0.429. The van der Waals surface area contributed by atoms with Crippen LogP contribution in [0.1, 0.15) is 32.1 Å². The first kappa shape index (κ1) is 8.28. The minimum atomic E-state index is 0.821. The molecule has 0 aromatic carbocycles. The second-order valence-corrected chi connectivity index (χ2v) is 4.49. The van der Waals surface area contributed by atoms with Crippen LogP contribution in [-0.2, 0) is 0 Å². The van der Waals surface area contributed by atoms with Gasteiger partial charge in [-0.2, -0.15) is 0 Å². The molecule has 1 atom stereocenters. The Morgan fingerprint density at radius 2 is 2.00 bits per heavy atom. The summed E-state index contributed by atoms with van der Waals surface area (Å²) in [5.41, 5.74) is 4.69. The fourth-order valence-electron chi connectivity index (χ4n) is 2.75. The zero-order valence-electron chi connectivity index (χ0n) is 8.50. The zero-order valence-corrected chi connectivity index (χ0v) is 8.50. The van der Waals surface area contributed by atoms with Crippen LogP contribution in [0.4, 0.5) is 0 Å². The van der Waals surface area contributed by atoms with E-state index < -0.39 is 0 Å². The summed E-state index contributed by atoms with van der Waals surface area (Å²) in [6, 6.07) is 0. The summed E-state index contributed by atoms with van der Waals surface area (Å²) >= 11 is 0. The molecular weight excluding hydrogens is 168 g/mol. The number of allylic oxidation sites excluding steroid dienone is 8. The van der Waals surface area contributed by atoms with Crippen molar-refractivity contribution in [3.8, 4) is 0 Å². The highest BCUT2D eigenvalue weighted by Crippen LogP contribution is 2.39. The lowest BCUT2D eigenvalue weighted by Gasteiger charge is -2.29. The lowest BCUT2D eigenvalue weighted by Crippen LogP contribution is -2.14. The van der Waals surface area contributed by atoms with E-state index in [0.29, 0.717) is 0 Å². The molecule has 0 amide bonds. The first-order valence-electron chi connectivity index (χ1n) is 5.71. The Morgan fingerprint density at radius 1 is 1.07 bits per heavy atom. The maximum atomic E-state index is 2.45. The van der Waals surface area contributed by atoms with Crippen molar-refractivity contribution in [3.63, 3.8) is 0 Å². The molecule has 0 fully saturated rings. The minimum absolute atomic E-state index is 0.821. The van der Waals surface area contributed by atoms with Crippen LogP contribution in [-0.4, -0.2) is 0 Å². The zero-order chi connectivity index (χ0) is 9.38. The van der Waals surface area contributed by atoms with Crippen molar-refractivity contribution in [2.75, 3.05) is 0 Å². The van der Waals surface area contributed by atoms with Gasteiger partial charge in [0.05, 0.1) is 0 Å². The van der Waals surface area contributed by atoms with Gasteiger partial charge in [-0.05, 0) is 54.7 Å². The third kappa shape index (κ3) is 1.30. The summed E-state index contributed by atoms with van der Waals surface area (Å²) in [4.78, 5) is 0. The van der Waals surface area contributed by atoms with Crippen molar-refractivity contribution in [1.82, 2.24) is 0 Å². The molecule has 72 valence electrons. The van der Waals surface area contributed by atoms with Crippen LogP contribution in [0.2, 0.25) is 0 Å². The molecular formula is C14H16. The van der Waals surface area contributed by atoms with Crippen molar-refractivity contribution in [1.29, 1.82) is 0 Å². The van der Waals surface area contributed by atoms with Gasteiger partial charge in [-0.25, -0.2) is 0 Å². The second kappa shape index (κ2) is 3.27. The van der Waals surface area contributed by atoms with E-state index in [9.17, 15) is 0 Å². The van der Waals surface area contributed by atoms with E-state index in [-0.39, 0.29) is 0 Å². The minimum Gasteiger partial charge on any atom is -0.0842 e. The average molecular weight is 184 g/mol. The van der Waals surface area contributed by atoms with Gasteiger partial charge in [0.15, 0.2) is 0 Å². The molecule has 3 aliphatic rings. The lowest BCUT2D eigenvalue weighted by molar-refractivity contribution is 0.548. The van der Waals surface area contributed by atoms with Gasteiger partial charge in [0.25, 0.3) is 0 Å². The Hall–Kier alpha value is -1.04. The van der Waals surface area contributed by atoms with Crippen LogP contribution >= 0.6 is 0 Å². The summed E-state index contributed by atoms with van der Waals surface area (Å²) in [6.45, 7) is 0. The maximum absolute atomic E-state index is 2.45. The maximum Gasteiger partial charge on any atom is -0.0118 e. The normalized spacial score (nSPS) is 29.7. The highest BCUT2D eigenvalue weighted by Gasteiger charge is 2.23. The lowest BCUT2D eigenvalue weighted by atomic mass is 9.75. The predicted molar refractivity (Wildman–Crippen MR) is 60.0 cm³/mol. The summed E-state index contributed by atoms with van der Waals surface area (Å²) in [7, 11) is 0. The Morgan fingerprint density at radius 3 is 3.00 bits per heavy atom. The molecule has 0 spiro atoms. The van der Waals surface area contributed by atoms with Crippen LogP contribution in [0.5, 0.6) is 0 Å². The predicted octanol–water partition coefficient (Wildman–Crippen LogP) is 3.93. The third-order valence-electron chi connectivity index (χ3n) is 3.54. The summed E-state index contributed by atoms with van der Waals surface area (Å²) in [6.07, 6.45) is 18.3.